The van der Waals surface area contributed by atoms with Crippen molar-refractivity contribution in [3.05, 3.63) is 22.7 Å². The molecule has 0 bridgehead atoms. The van der Waals surface area contributed by atoms with E-state index in [2.05, 4.69) is 51.4 Å². The van der Waals surface area contributed by atoms with Gasteiger partial charge >= 0.3 is 7.60 Å². The number of allylic oxidation sites excluding steroid dienone is 4. The SMILES string of the molecule is CCOP(=O)(OCC)C1=C([Si](C)(C)C)C=CC1[Si](C)(C)C. The summed E-state index contributed by atoms with van der Waals surface area (Å²) in [7, 11) is -6.31. The van der Waals surface area contributed by atoms with Gasteiger partial charge in [-0.1, -0.05) is 51.4 Å². The van der Waals surface area contributed by atoms with Crippen LogP contribution in [0.25, 0.3) is 0 Å². The van der Waals surface area contributed by atoms with Crippen LogP contribution in [0.15, 0.2) is 22.7 Å². The normalized spacial score (nSPS) is 20.5. The monoisotopic (exact) mass is 346 g/mol. The quantitative estimate of drug-likeness (QED) is 0.440. The van der Waals surface area contributed by atoms with Gasteiger partial charge in [-0.2, -0.15) is 0 Å². The van der Waals surface area contributed by atoms with Crippen LogP contribution in [0.5, 0.6) is 0 Å². The molecule has 0 aromatic heterocycles. The Hall–Kier alpha value is 0.0638. The van der Waals surface area contributed by atoms with Crippen LogP contribution < -0.4 is 0 Å². The van der Waals surface area contributed by atoms with Crippen LogP contribution in [0, 0.1) is 0 Å². The van der Waals surface area contributed by atoms with Crippen LogP contribution in [0.2, 0.25) is 44.8 Å². The average molecular weight is 347 g/mol. The Labute approximate surface area is 132 Å². The third-order valence-corrected chi connectivity index (χ3v) is 10.8. The minimum Gasteiger partial charge on any atom is -0.306 e. The van der Waals surface area contributed by atoms with Crippen molar-refractivity contribution in [1.29, 1.82) is 0 Å². The molecule has 1 rings (SSSR count). The van der Waals surface area contributed by atoms with Gasteiger partial charge in [-0.15, -0.1) is 0 Å². The van der Waals surface area contributed by atoms with Gasteiger partial charge in [-0.05, 0) is 19.0 Å². The van der Waals surface area contributed by atoms with E-state index in [1.807, 2.05) is 13.8 Å². The predicted octanol–water partition coefficient (Wildman–Crippen LogP) is 5.66. The van der Waals surface area contributed by atoms with Gasteiger partial charge in [0.2, 0.25) is 0 Å². The maximum Gasteiger partial charge on any atom is 0.357 e. The Balaban J connectivity index is 3.49. The summed E-state index contributed by atoms with van der Waals surface area (Å²) in [5.74, 6) is 0. The Morgan fingerprint density at radius 1 is 1.05 bits per heavy atom. The van der Waals surface area contributed by atoms with Crippen LogP contribution in [-0.4, -0.2) is 29.4 Å². The van der Waals surface area contributed by atoms with Crippen molar-refractivity contribution < 1.29 is 13.6 Å². The first kappa shape index (κ1) is 19.1. The second-order valence-corrected chi connectivity index (χ2v) is 20.0. The summed E-state index contributed by atoms with van der Waals surface area (Å²) in [6, 6.07) is 0. The van der Waals surface area contributed by atoms with E-state index in [1.54, 1.807) is 0 Å². The third kappa shape index (κ3) is 4.29. The lowest BCUT2D eigenvalue weighted by Gasteiger charge is -2.32. The Bertz CT molecular complexity index is 474. The fourth-order valence-corrected chi connectivity index (χ4v) is 10.9. The molecule has 21 heavy (non-hydrogen) atoms. The summed E-state index contributed by atoms with van der Waals surface area (Å²) in [6.45, 7) is 18.4. The van der Waals surface area contributed by atoms with E-state index in [1.165, 1.54) is 5.20 Å². The van der Waals surface area contributed by atoms with Crippen molar-refractivity contribution in [3.8, 4) is 0 Å². The van der Waals surface area contributed by atoms with Gasteiger partial charge in [-0.3, -0.25) is 4.57 Å². The lowest BCUT2D eigenvalue weighted by atomic mass is 10.5. The molecule has 0 aromatic rings. The third-order valence-electron chi connectivity index (χ3n) is 3.66. The van der Waals surface area contributed by atoms with Gasteiger partial charge in [-0.25, -0.2) is 0 Å². The summed E-state index contributed by atoms with van der Waals surface area (Å²) in [6.07, 6.45) is 4.45. The average Bonchev–Trinajstić information content (AvgIpc) is 2.73. The van der Waals surface area contributed by atoms with E-state index in [4.69, 9.17) is 9.05 Å². The Kier molecular flexibility index (Phi) is 6.07. The van der Waals surface area contributed by atoms with Gasteiger partial charge in [0.15, 0.2) is 0 Å². The molecule has 122 valence electrons. The summed E-state index contributed by atoms with van der Waals surface area (Å²) in [4.78, 5) is 0. The van der Waals surface area contributed by atoms with Crippen LogP contribution in [0.3, 0.4) is 0 Å². The topological polar surface area (TPSA) is 35.5 Å². The maximum atomic E-state index is 13.4. The molecule has 0 aliphatic heterocycles. The standard InChI is InChI=1S/C15H31O3PSi2/c1-9-17-19(16,18-10-2)15-13(20(3,4)5)11-12-14(15)21(6,7)8/h11-13H,9-10H2,1-8H3. The molecule has 3 nitrogen and oxygen atoms in total. The molecule has 0 fully saturated rings. The second-order valence-electron chi connectivity index (χ2n) is 7.58. The van der Waals surface area contributed by atoms with E-state index in [9.17, 15) is 4.57 Å². The molecule has 6 heteroatoms. The molecule has 0 saturated heterocycles. The lowest BCUT2D eigenvalue weighted by molar-refractivity contribution is 0.226. The van der Waals surface area contributed by atoms with E-state index >= 15 is 0 Å². The molecule has 1 unspecified atom stereocenters. The Morgan fingerprint density at radius 3 is 1.86 bits per heavy atom. The fourth-order valence-electron chi connectivity index (χ4n) is 2.70. The lowest BCUT2D eigenvalue weighted by Crippen LogP contribution is -2.30. The highest BCUT2D eigenvalue weighted by Gasteiger charge is 2.45. The van der Waals surface area contributed by atoms with Crippen molar-refractivity contribution in [1.82, 2.24) is 0 Å². The second kappa shape index (κ2) is 6.67. The number of hydrogen-bond acceptors (Lipinski definition) is 3. The molecule has 0 N–H and O–H groups in total. The highest BCUT2D eigenvalue weighted by molar-refractivity contribution is 7.59. The largest absolute Gasteiger partial charge is 0.357 e. The van der Waals surface area contributed by atoms with Crippen molar-refractivity contribution in [2.45, 2.75) is 58.7 Å². The zero-order chi connectivity index (χ0) is 16.5. The van der Waals surface area contributed by atoms with Gasteiger partial charge in [0.05, 0.1) is 29.4 Å². The first-order valence-corrected chi connectivity index (χ1v) is 16.4. The first-order chi connectivity index (χ1) is 9.47. The molecule has 1 aliphatic rings. The predicted molar refractivity (Wildman–Crippen MR) is 97.5 cm³/mol. The summed E-state index contributed by atoms with van der Waals surface area (Å²) >= 11 is 0. The zero-order valence-corrected chi connectivity index (χ0v) is 17.7. The number of rotatable bonds is 7. The van der Waals surface area contributed by atoms with E-state index in [0.29, 0.717) is 13.2 Å². The molecular formula is C15H31O3PSi2. The van der Waals surface area contributed by atoms with E-state index in [0.717, 1.165) is 5.31 Å². The Morgan fingerprint density at radius 2 is 1.52 bits per heavy atom. The fraction of sp³-hybridized carbons (Fsp3) is 0.733. The van der Waals surface area contributed by atoms with Crippen LogP contribution >= 0.6 is 7.60 Å². The highest BCUT2D eigenvalue weighted by Crippen LogP contribution is 2.65. The van der Waals surface area contributed by atoms with Crippen molar-refractivity contribution >= 4 is 23.7 Å². The molecule has 0 saturated carbocycles. The smallest absolute Gasteiger partial charge is 0.306 e. The van der Waals surface area contributed by atoms with Crippen LogP contribution in [-0.2, 0) is 13.6 Å². The van der Waals surface area contributed by atoms with Crippen LogP contribution in [0.4, 0.5) is 0 Å². The minimum atomic E-state index is -3.19. The maximum absolute atomic E-state index is 13.4. The molecule has 0 aromatic carbocycles. The summed E-state index contributed by atoms with van der Waals surface area (Å²) in [5.41, 5.74) is 0.253. The molecule has 1 atom stereocenters. The van der Waals surface area contributed by atoms with Gasteiger partial charge in [0.25, 0.3) is 0 Å². The molecule has 1 aliphatic carbocycles. The van der Waals surface area contributed by atoms with Gasteiger partial charge < -0.3 is 9.05 Å². The van der Waals surface area contributed by atoms with Crippen LogP contribution in [0.1, 0.15) is 13.8 Å². The van der Waals surface area contributed by atoms with Crippen molar-refractivity contribution in [2.24, 2.45) is 0 Å². The van der Waals surface area contributed by atoms with Gasteiger partial charge in [0.1, 0.15) is 0 Å². The first-order valence-electron chi connectivity index (χ1n) is 7.80. The molecule has 0 radical (unpaired) electrons. The summed E-state index contributed by atoms with van der Waals surface area (Å²) in [5, 5.41) is 2.24. The van der Waals surface area contributed by atoms with Crippen molar-refractivity contribution in [3.63, 3.8) is 0 Å². The van der Waals surface area contributed by atoms with Gasteiger partial charge in [0, 0.05) is 10.9 Å². The minimum absolute atomic E-state index is 0.253. The number of hydrogen-bond donors (Lipinski definition) is 0. The van der Waals surface area contributed by atoms with Crippen molar-refractivity contribution in [2.75, 3.05) is 13.2 Å². The molecular weight excluding hydrogens is 315 g/mol. The van der Waals surface area contributed by atoms with E-state index < -0.39 is 23.7 Å². The molecule has 0 heterocycles. The summed E-state index contributed by atoms with van der Waals surface area (Å²) < 4.78 is 24.8. The highest BCUT2D eigenvalue weighted by atomic mass is 31.2. The molecule has 0 amide bonds. The molecule has 0 spiro atoms. The zero-order valence-electron chi connectivity index (χ0n) is 14.8. The van der Waals surface area contributed by atoms with E-state index in [-0.39, 0.29) is 5.54 Å².